The number of hydrogen-bond donors (Lipinski definition) is 2. The first-order chi connectivity index (χ1) is 8.75. The van der Waals surface area contributed by atoms with Crippen molar-refractivity contribution < 1.29 is 9.90 Å². The Bertz CT molecular complexity index is 508. The zero-order valence-electron chi connectivity index (χ0n) is 9.93. The largest absolute Gasteiger partial charge is 0.481 e. The Hall–Kier alpha value is -1.65. The molecule has 1 aromatic heterocycles. The highest BCUT2D eigenvalue weighted by molar-refractivity contribution is 7.07. The molecule has 0 bridgehead atoms. The van der Waals surface area contributed by atoms with Crippen molar-refractivity contribution in [2.24, 2.45) is 0 Å². The summed E-state index contributed by atoms with van der Waals surface area (Å²) in [4.78, 5) is 10.8. The molecule has 1 heterocycles. The van der Waals surface area contributed by atoms with E-state index in [0.29, 0.717) is 6.54 Å². The van der Waals surface area contributed by atoms with Crippen LogP contribution in [0.3, 0.4) is 0 Å². The number of carbonyl (C=O) groups is 1. The van der Waals surface area contributed by atoms with E-state index in [-0.39, 0.29) is 6.42 Å². The predicted octanol–water partition coefficient (Wildman–Crippen LogP) is 2.67. The summed E-state index contributed by atoms with van der Waals surface area (Å²) in [5.41, 5.74) is 3.19. The minimum Gasteiger partial charge on any atom is -0.481 e. The lowest BCUT2D eigenvalue weighted by molar-refractivity contribution is -0.136. The van der Waals surface area contributed by atoms with Crippen LogP contribution in [0.1, 0.15) is 16.7 Å². The lowest BCUT2D eigenvalue weighted by Crippen LogP contribution is -2.14. The summed E-state index contributed by atoms with van der Waals surface area (Å²) in [6.45, 7) is 1.50. The summed E-state index contributed by atoms with van der Waals surface area (Å²) in [6, 6.07) is 9.74. The Kier molecular flexibility index (Phi) is 4.50. The SMILES string of the molecule is O=C(O)Cc1ccccc1CNCc1ccsc1. The zero-order chi connectivity index (χ0) is 12.8. The zero-order valence-corrected chi connectivity index (χ0v) is 10.7. The van der Waals surface area contributed by atoms with Crippen LogP contribution < -0.4 is 5.32 Å². The van der Waals surface area contributed by atoms with Crippen molar-refractivity contribution >= 4 is 17.3 Å². The first-order valence-corrected chi connectivity index (χ1v) is 6.70. The van der Waals surface area contributed by atoms with E-state index in [4.69, 9.17) is 5.11 Å². The molecule has 0 aliphatic heterocycles. The third kappa shape index (κ3) is 3.68. The Morgan fingerprint density at radius 1 is 1.17 bits per heavy atom. The molecule has 0 spiro atoms. The molecule has 0 fully saturated rings. The second-order valence-electron chi connectivity index (χ2n) is 4.07. The van der Waals surface area contributed by atoms with Gasteiger partial charge in [0, 0.05) is 13.1 Å². The molecule has 0 unspecified atom stereocenters. The van der Waals surface area contributed by atoms with Crippen molar-refractivity contribution in [3.63, 3.8) is 0 Å². The number of carboxylic acids is 1. The first kappa shape index (κ1) is 12.8. The second kappa shape index (κ2) is 6.33. The van der Waals surface area contributed by atoms with Crippen molar-refractivity contribution in [1.29, 1.82) is 0 Å². The molecule has 4 heteroatoms. The lowest BCUT2D eigenvalue weighted by Gasteiger charge is -2.08. The molecular formula is C14H15NO2S. The molecule has 0 aliphatic rings. The van der Waals surface area contributed by atoms with E-state index in [1.165, 1.54) is 5.56 Å². The van der Waals surface area contributed by atoms with E-state index in [2.05, 4.69) is 22.1 Å². The van der Waals surface area contributed by atoms with Gasteiger partial charge in [-0.15, -0.1) is 0 Å². The fourth-order valence-corrected chi connectivity index (χ4v) is 2.47. The quantitative estimate of drug-likeness (QED) is 0.840. The fraction of sp³-hybridized carbons (Fsp3) is 0.214. The summed E-state index contributed by atoms with van der Waals surface area (Å²) in [7, 11) is 0. The van der Waals surface area contributed by atoms with Crippen LogP contribution in [0.15, 0.2) is 41.1 Å². The molecule has 18 heavy (non-hydrogen) atoms. The van der Waals surface area contributed by atoms with Crippen molar-refractivity contribution in [3.8, 4) is 0 Å². The Morgan fingerprint density at radius 2 is 1.94 bits per heavy atom. The third-order valence-electron chi connectivity index (χ3n) is 2.68. The molecule has 3 nitrogen and oxygen atoms in total. The summed E-state index contributed by atoms with van der Waals surface area (Å²) in [5, 5.41) is 16.3. The minimum absolute atomic E-state index is 0.0797. The Balaban J connectivity index is 1.94. The van der Waals surface area contributed by atoms with Gasteiger partial charge in [0.15, 0.2) is 0 Å². The van der Waals surface area contributed by atoms with Crippen LogP contribution in [0.25, 0.3) is 0 Å². The van der Waals surface area contributed by atoms with E-state index in [0.717, 1.165) is 17.7 Å². The fourth-order valence-electron chi connectivity index (χ4n) is 1.80. The standard InChI is InChI=1S/C14H15NO2S/c16-14(17)7-12-3-1-2-4-13(12)9-15-8-11-5-6-18-10-11/h1-6,10,15H,7-9H2,(H,16,17). The van der Waals surface area contributed by atoms with Gasteiger partial charge in [0.1, 0.15) is 0 Å². The van der Waals surface area contributed by atoms with Gasteiger partial charge in [-0.3, -0.25) is 4.79 Å². The predicted molar refractivity (Wildman–Crippen MR) is 72.6 cm³/mol. The molecule has 1 aromatic carbocycles. The summed E-state index contributed by atoms with van der Waals surface area (Å²) >= 11 is 1.68. The Labute approximate surface area is 110 Å². The van der Waals surface area contributed by atoms with Crippen molar-refractivity contribution in [1.82, 2.24) is 5.32 Å². The number of aliphatic carboxylic acids is 1. The summed E-state index contributed by atoms with van der Waals surface area (Å²) < 4.78 is 0. The highest BCUT2D eigenvalue weighted by Crippen LogP contribution is 2.10. The van der Waals surface area contributed by atoms with Gasteiger partial charge in [-0.2, -0.15) is 11.3 Å². The number of rotatable bonds is 6. The maximum atomic E-state index is 10.8. The topological polar surface area (TPSA) is 49.3 Å². The molecule has 0 amide bonds. The van der Waals surface area contributed by atoms with E-state index in [1.54, 1.807) is 11.3 Å². The molecule has 0 aliphatic carbocycles. The first-order valence-electron chi connectivity index (χ1n) is 5.76. The molecule has 2 aromatic rings. The average Bonchev–Trinajstić information content (AvgIpc) is 2.84. The Morgan fingerprint density at radius 3 is 2.61 bits per heavy atom. The van der Waals surface area contributed by atoms with E-state index >= 15 is 0 Å². The molecule has 0 saturated carbocycles. The number of hydrogen-bond acceptors (Lipinski definition) is 3. The van der Waals surface area contributed by atoms with Gasteiger partial charge in [-0.1, -0.05) is 24.3 Å². The molecule has 0 saturated heterocycles. The van der Waals surface area contributed by atoms with Crippen molar-refractivity contribution in [3.05, 3.63) is 57.8 Å². The van der Waals surface area contributed by atoms with Gasteiger partial charge >= 0.3 is 5.97 Å². The molecule has 2 rings (SSSR count). The minimum atomic E-state index is -0.791. The monoisotopic (exact) mass is 261 g/mol. The number of benzene rings is 1. The van der Waals surface area contributed by atoms with Gasteiger partial charge in [-0.25, -0.2) is 0 Å². The maximum absolute atomic E-state index is 10.8. The molecule has 0 atom stereocenters. The highest BCUT2D eigenvalue weighted by Gasteiger charge is 2.05. The molecule has 94 valence electrons. The van der Waals surface area contributed by atoms with Crippen LogP contribution in [0.5, 0.6) is 0 Å². The number of carboxylic acid groups (broad SMARTS) is 1. The average molecular weight is 261 g/mol. The lowest BCUT2D eigenvalue weighted by atomic mass is 10.0. The van der Waals surface area contributed by atoms with E-state index in [9.17, 15) is 4.79 Å². The smallest absolute Gasteiger partial charge is 0.307 e. The maximum Gasteiger partial charge on any atom is 0.307 e. The number of nitrogens with one attached hydrogen (secondary N) is 1. The van der Waals surface area contributed by atoms with Gasteiger partial charge < -0.3 is 10.4 Å². The molecular weight excluding hydrogens is 246 g/mol. The third-order valence-corrected chi connectivity index (χ3v) is 3.42. The van der Waals surface area contributed by atoms with E-state index in [1.807, 2.05) is 24.3 Å². The van der Waals surface area contributed by atoms with Crippen LogP contribution in [0.2, 0.25) is 0 Å². The van der Waals surface area contributed by atoms with Crippen LogP contribution >= 0.6 is 11.3 Å². The summed E-state index contributed by atoms with van der Waals surface area (Å²) in [6.07, 6.45) is 0.0797. The normalized spacial score (nSPS) is 10.4. The second-order valence-corrected chi connectivity index (χ2v) is 4.85. The highest BCUT2D eigenvalue weighted by atomic mass is 32.1. The van der Waals surface area contributed by atoms with Crippen LogP contribution in [0, 0.1) is 0 Å². The van der Waals surface area contributed by atoms with Gasteiger partial charge in [-0.05, 0) is 33.5 Å². The summed E-state index contributed by atoms with van der Waals surface area (Å²) in [5.74, 6) is -0.791. The van der Waals surface area contributed by atoms with Crippen LogP contribution in [-0.2, 0) is 24.3 Å². The van der Waals surface area contributed by atoms with Crippen molar-refractivity contribution in [2.75, 3.05) is 0 Å². The molecule has 0 radical (unpaired) electrons. The van der Waals surface area contributed by atoms with Crippen LogP contribution in [-0.4, -0.2) is 11.1 Å². The van der Waals surface area contributed by atoms with Crippen molar-refractivity contribution in [2.45, 2.75) is 19.5 Å². The van der Waals surface area contributed by atoms with Gasteiger partial charge in [0.25, 0.3) is 0 Å². The van der Waals surface area contributed by atoms with E-state index < -0.39 is 5.97 Å². The van der Waals surface area contributed by atoms with Gasteiger partial charge in [0.05, 0.1) is 6.42 Å². The van der Waals surface area contributed by atoms with Crippen LogP contribution in [0.4, 0.5) is 0 Å². The number of thiophene rings is 1. The van der Waals surface area contributed by atoms with Gasteiger partial charge in [0.2, 0.25) is 0 Å². The molecule has 2 N–H and O–H groups in total.